The number of nitrogens with two attached hydrogens (primary N) is 1. The first-order valence-corrected chi connectivity index (χ1v) is 4.64. The summed E-state index contributed by atoms with van der Waals surface area (Å²) in [6.45, 7) is 4.19. The van der Waals surface area contributed by atoms with Gasteiger partial charge in [0.05, 0.1) is 0 Å². The van der Waals surface area contributed by atoms with Gasteiger partial charge in [0, 0.05) is 6.04 Å². The highest BCUT2D eigenvalue weighted by molar-refractivity contribution is 5.19. The molecule has 0 fully saturated rings. The summed E-state index contributed by atoms with van der Waals surface area (Å²) < 4.78 is 0. The van der Waals surface area contributed by atoms with E-state index in [-0.39, 0.29) is 6.04 Å². The summed E-state index contributed by atoms with van der Waals surface area (Å²) >= 11 is 0. The molecule has 0 aliphatic rings. The van der Waals surface area contributed by atoms with Crippen molar-refractivity contribution >= 4 is 0 Å². The first-order chi connectivity index (χ1) is 6.20. The van der Waals surface area contributed by atoms with Gasteiger partial charge in [0.15, 0.2) is 0 Å². The molecule has 1 aromatic carbocycles. The van der Waals surface area contributed by atoms with Crippen LogP contribution in [0.2, 0.25) is 0 Å². The molecule has 1 heteroatoms. The van der Waals surface area contributed by atoms with Gasteiger partial charge in [0.1, 0.15) is 0 Å². The highest BCUT2D eigenvalue weighted by Gasteiger charge is 2.01. The predicted octanol–water partition coefficient (Wildman–Crippen LogP) is 3.04. The standard InChI is InChI=1S/C12H17N/c1-10(2)8-9-12(13)11-6-4-3-5-7-11/h3-8,12H,9,13H2,1-2H3/t12-/m1/s1. The first-order valence-electron chi connectivity index (χ1n) is 4.64. The Kier molecular flexibility index (Phi) is 3.71. The molecule has 0 amide bonds. The number of hydrogen-bond acceptors (Lipinski definition) is 1. The van der Waals surface area contributed by atoms with E-state index in [1.165, 1.54) is 11.1 Å². The van der Waals surface area contributed by atoms with Crippen molar-refractivity contribution < 1.29 is 0 Å². The number of benzene rings is 1. The van der Waals surface area contributed by atoms with Gasteiger partial charge in [0.25, 0.3) is 0 Å². The minimum Gasteiger partial charge on any atom is -0.324 e. The van der Waals surface area contributed by atoms with Gasteiger partial charge in [-0.1, -0.05) is 42.0 Å². The lowest BCUT2D eigenvalue weighted by Crippen LogP contribution is -2.08. The van der Waals surface area contributed by atoms with Gasteiger partial charge >= 0.3 is 0 Å². The number of allylic oxidation sites excluding steroid dienone is 1. The Morgan fingerprint density at radius 1 is 1.31 bits per heavy atom. The fourth-order valence-electron chi connectivity index (χ4n) is 1.20. The first kappa shape index (κ1) is 10.0. The smallest absolute Gasteiger partial charge is 0.0329 e. The zero-order valence-corrected chi connectivity index (χ0v) is 8.33. The SMILES string of the molecule is CC(C)=CC[C@@H](N)c1ccccc1. The molecule has 1 aromatic rings. The molecule has 1 atom stereocenters. The topological polar surface area (TPSA) is 26.0 Å². The minimum absolute atomic E-state index is 0.135. The van der Waals surface area contributed by atoms with E-state index in [1.807, 2.05) is 18.2 Å². The van der Waals surface area contributed by atoms with Crippen LogP contribution in [0.1, 0.15) is 31.9 Å². The van der Waals surface area contributed by atoms with E-state index in [2.05, 4.69) is 32.1 Å². The van der Waals surface area contributed by atoms with E-state index in [0.29, 0.717) is 0 Å². The van der Waals surface area contributed by atoms with Crippen LogP contribution in [0.25, 0.3) is 0 Å². The average Bonchev–Trinajstić information content (AvgIpc) is 2.15. The molecule has 0 bridgehead atoms. The maximum Gasteiger partial charge on any atom is 0.0329 e. The molecule has 1 rings (SSSR count). The van der Waals surface area contributed by atoms with Crippen LogP contribution >= 0.6 is 0 Å². The van der Waals surface area contributed by atoms with Crippen LogP contribution in [0, 0.1) is 0 Å². The van der Waals surface area contributed by atoms with E-state index in [0.717, 1.165) is 6.42 Å². The fraction of sp³-hybridized carbons (Fsp3) is 0.333. The Morgan fingerprint density at radius 3 is 2.46 bits per heavy atom. The molecular formula is C12H17N. The van der Waals surface area contributed by atoms with E-state index < -0.39 is 0 Å². The summed E-state index contributed by atoms with van der Waals surface area (Å²) in [6.07, 6.45) is 3.10. The van der Waals surface area contributed by atoms with Crippen molar-refractivity contribution in [2.75, 3.05) is 0 Å². The van der Waals surface area contributed by atoms with Crippen molar-refractivity contribution in [1.29, 1.82) is 0 Å². The molecule has 70 valence electrons. The summed E-state index contributed by atoms with van der Waals surface area (Å²) in [7, 11) is 0. The Balaban J connectivity index is 2.59. The molecule has 0 aliphatic carbocycles. The van der Waals surface area contributed by atoms with Crippen LogP contribution in [-0.2, 0) is 0 Å². The van der Waals surface area contributed by atoms with E-state index >= 15 is 0 Å². The van der Waals surface area contributed by atoms with Gasteiger partial charge in [-0.25, -0.2) is 0 Å². The van der Waals surface area contributed by atoms with Crippen LogP contribution in [0.5, 0.6) is 0 Å². The van der Waals surface area contributed by atoms with Crippen LogP contribution < -0.4 is 5.73 Å². The second kappa shape index (κ2) is 4.83. The van der Waals surface area contributed by atoms with Gasteiger partial charge in [0.2, 0.25) is 0 Å². The quantitative estimate of drug-likeness (QED) is 0.702. The van der Waals surface area contributed by atoms with Crippen LogP contribution in [-0.4, -0.2) is 0 Å². The van der Waals surface area contributed by atoms with Crippen molar-refractivity contribution in [3.63, 3.8) is 0 Å². The highest BCUT2D eigenvalue weighted by Crippen LogP contribution is 2.14. The second-order valence-electron chi connectivity index (χ2n) is 3.53. The van der Waals surface area contributed by atoms with Gasteiger partial charge in [-0.05, 0) is 25.8 Å². The summed E-state index contributed by atoms with van der Waals surface area (Å²) in [5.41, 5.74) is 8.53. The molecular weight excluding hydrogens is 158 g/mol. The van der Waals surface area contributed by atoms with Gasteiger partial charge in [-0.3, -0.25) is 0 Å². The number of rotatable bonds is 3. The average molecular weight is 175 g/mol. The maximum atomic E-state index is 6.00. The molecule has 2 N–H and O–H groups in total. The van der Waals surface area contributed by atoms with E-state index in [1.54, 1.807) is 0 Å². The third kappa shape index (κ3) is 3.43. The lowest BCUT2D eigenvalue weighted by Gasteiger charge is -2.08. The summed E-state index contributed by atoms with van der Waals surface area (Å²) in [4.78, 5) is 0. The number of hydrogen-bond donors (Lipinski definition) is 1. The van der Waals surface area contributed by atoms with Gasteiger partial charge in [-0.2, -0.15) is 0 Å². The Bertz CT molecular complexity index is 270. The Hall–Kier alpha value is -1.08. The molecule has 0 saturated carbocycles. The maximum absolute atomic E-state index is 6.00. The fourth-order valence-corrected chi connectivity index (χ4v) is 1.20. The minimum atomic E-state index is 0.135. The van der Waals surface area contributed by atoms with Gasteiger partial charge in [-0.15, -0.1) is 0 Å². The zero-order valence-electron chi connectivity index (χ0n) is 8.33. The van der Waals surface area contributed by atoms with Crippen LogP contribution in [0.3, 0.4) is 0 Å². The third-order valence-electron chi connectivity index (χ3n) is 2.01. The van der Waals surface area contributed by atoms with Crippen molar-refractivity contribution in [2.45, 2.75) is 26.3 Å². The monoisotopic (exact) mass is 175 g/mol. The molecule has 0 heterocycles. The normalized spacial score (nSPS) is 12.2. The van der Waals surface area contributed by atoms with Gasteiger partial charge < -0.3 is 5.73 Å². The van der Waals surface area contributed by atoms with E-state index in [9.17, 15) is 0 Å². The summed E-state index contributed by atoms with van der Waals surface area (Å²) in [5, 5.41) is 0. The molecule has 13 heavy (non-hydrogen) atoms. The largest absolute Gasteiger partial charge is 0.324 e. The Morgan fingerprint density at radius 2 is 1.92 bits per heavy atom. The third-order valence-corrected chi connectivity index (χ3v) is 2.01. The molecule has 0 aliphatic heterocycles. The zero-order chi connectivity index (χ0) is 9.68. The molecule has 0 unspecified atom stereocenters. The van der Waals surface area contributed by atoms with Crippen molar-refractivity contribution in [1.82, 2.24) is 0 Å². The Labute approximate surface area is 80.3 Å². The van der Waals surface area contributed by atoms with Crippen molar-refractivity contribution in [3.05, 3.63) is 47.5 Å². The van der Waals surface area contributed by atoms with Crippen molar-refractivity contribution in [2.24, 2.45) is 5.73 Å². The summed E-state index contributed by atoms with van der Waals surface area (Å²) in [5.74, 6) is 0. The molecule has 0 aromatic heterocycles. The summed E-state index contributed by atoms with van der Waals surface area (Å²) in [6, 6.07) is 10.3. The lowest BCUT2D eigenvalue weighted by atomic mass is 10.0. The van der Waals surface area contributed by atoms with Crippen LogP contribution in [0.15, 0.2) is 42.0 Å². The predicted molar refractivity (Wildman–Crippen MR) is 57.4 cm³/mol. The highest BCUT2D eigenvalue weighted by atomic mass is 14.6. The lowest BCUT2D eigenvalue weighted by molar-refractivity contribution is 0.737. The molecule has 0 saturated heterocycles. The van der Waals surface area contributed by atoms with Crippen molar-refractivity contribution in [3.8, 4) is 0 Å². The molecule has 0 radical (unpaired) electrons. The second-order valence-corrected chi connectivity index (χ2v) is 3.53. The molecule has 1 nitrogen and oxygen atoms in total. The van der Waals surface area contributed by atoms with Crippen LogP contribution in [0.4, 0.5) is 0 Å². The molecule has 0 spiro atoms. The van der Waals surface area contributed by atoms with E-state index in [4.69, 9.17) is 5.73 Å².